The van der Waals surface area contributed by atoms with Gasteiger partial charge < -0.3 is 23.7 Å². The van der Waals surface area contributed by atoms with Crippen molar-refractivity contribution in [3.05, 3.63) is 41.6 Å². The van der Waals surface area contributed by atoms with Crippen molar-refractivity contribution >= 4 is 16.7 Å². The molecule has 2 aromatic carbocycles. The number of aromatic nitrogens is 1. The van der Waals surface area contributed by atoms with Crippen LogP contribution in [0.2, 0.25) is 0 Å². The summed E-state index contributed by atoms with van der Waals surface area (Å²) in [7, 11) is 3.28. The van der Waals surface area contributed by atoms with E-state index in [-0.39, 0.29) is 19.2 Å². The van der Waals surface area contributed by atoms with Crippen molar-refractivity contribution in [2.24, 2.45) is 0 Å². The standard InChI is InChI=1S/C30H36NO6/c1-4-5-6-7-8-9-14-35-28(32)17-23-21-10-11-25(33-2)30(34-3)24(21)18-31-13-12-20-15-26-27(37-19-36-26)16-22(20)29(23)31/h10-11,15-16,18H,4-9,12-14,17,19H2,1-3H3/q+1. The molecule has 0 bridgehead atoms. The van der Waals surface area contributed by atoms with E-state index >= 15 is 0 Å². The molecule has 196 valence electrons. The van der Waals surface area contributed by atoms with Crippen LogP contribution in [0.15, 0.2) is 30.5 Å². The van der Waals surface area contributed by atoms with Crippen molar-refractivity contribution < 1.29 is 33.0 Å². The van der Waals surface area contributed by atoms with E-state index in [2.05, 4.69) is 23.8 Å². The van der Waals surface area contributed by atoms with Crippen LogP contribution < -0.4 is 23.5 Å². The molecule has 7 nitrogen and oxygen atoms in total. The summed E-state index contributed by atoms with van der Waals surface area (Å²) in [5.74, 6) is 2.61. The summed E-state index contributed by atoms with van der Waals surface area (Å²) < 4.78 is 30.6. The normalized spacial score (nSPS) is 13.3. The third-order valence-electron chi connectivity index (χ3n) is 7.32. The number of esters is 1. The fourth-order valence-electron chi connectivity index (χ4n) is 5.45. The van der Waals surface area contributed by atoms with Crippen LogP contribution in [0, 0.1) is 0 Å². The second kappa shape index (κ2) is 11.3. The van der Waals surface area contributed by atoms with Crippen molar-refractivity contribution in [2.75, 3.05) is 27.6 Å². The highest BCUT2D eigenvalue weighted by Crippen LogP contribution is 2.43. The number of carbonyl (C=O) groups excluding carboxylic acids is 1. The van der Waals surface area contributed by atoms with Crippen LogP contribution in [0.4, 0.5) is 0 Å². The smallest absolute Gasteiger partial charge is 0.310 e. The van der Waals surface area contributed by atoms with Crippen LogP contribution in [-0.2, 0) is 28.9 Å². The van der Waals surface area contributed by atoms with E-state index in [9.17, 15) is 4.79 Å². The van der Waals surface area contributed by atoms with Gasteiger partial charge in [0.25, 0.3) is 0 Å². The molecule has 0 unspecified atom stereocenters. The zero-order valence-electron chi connectivity index (χ0n) is 22.1. The topological polar surface area (TPSA) is 67.1 Å². The molecule has 0 spiro atoms. The molecular weight excluding hydrogens is 470 g/mol. The first-order valence-electron chi connectivity index (χ1n) is 13.3. The van der Waals surface area contributed by atoms with E-state index in [4.69, 9.17) is 23.7 Å². The summed E-state index contributed by atoms with van der Waals surface area (Å²) in [5, 5.41) is 1.86. The Morgan fingerprint density at radius 1 is 0.973 bits per heavy atom. The summed E-state index contributed by atoms with van der Waals surface area (Å²) in [6, 6.07) is 8.02. The van der Waals surface area contributed by atoms with Gasteiger partial charge in [-0.3, -0.25) is 4.79 Å². The first-order chi connectivity index (χ1) is 18.1. The van der Waals surface area contributed by atoms with Gasteiger partial charge in [-0.05, 0) is 36.2 Å². The predicted octanol–water partition coefficient (Wildman–Crippen LogP) is 5.54. The summed E-state index contributed by atoms with van der Waals surface area (Å²) in [6.45, 7) is 3.67. The quantitative estimate of drug-likeness (QED) is 0.193. The summed E-state index contributed by atoms with van der Waals surface area (Å²) in [6.07, 6.45) is 10.0. The van der Waals surface area contributed by atoms with E-state index < -0.39 is 0 Å². The number of aryl methyl sites for hydroxylation is 2. The number of fused-ring (bicyclic) bond motifs is 5. The highest BCUT2D eigenvalue weighted by Gasteiger charge is 2.33. The maximum absolute atomic E-state index is 13.1. The maximum Gasteiger partial charge on any atom is 0.310 e. The summed E-state index contributed by atoms with van der Waals surface area (Å²) in [4.78, 5) is 13.1. The van der Waals surface area contributed by atoms with Crippen molar-refractivity contribution in [3.8, 4) is 34.3 Å². The Kier molecular flexibility index (Phi) is 7.68. The lowest BCUT2D eigenvalue weighted by atomic mass is 9.90. The van der Waals surface area contributed by atoms with Crippen LogP contribution in [0.1, 0.15) is 56.6 Å². The third-order valence-corrected chi connectivity index (χ3v) is 7.32. The first-order valence-corrected chi connectivity index (χ1v) is 13.3. The maximum atomic E-state index is 13.1. The average molecular weight is 507 g/mol. The molecule has 5 rings (SSSR count). The predicted molar refractivity (Wildman–Crippen MR) is 141 cm³/mol. The Morgan fingerprint density at radius 3 is 2.54 bits per heavy atom. The minimum absolute atomic E-state index is 0.172. The van der Waals surface area contributed by atoms with Gasteiger partial charge in [-0.2, -0.15) is 4.57 Å². The van der Waals surface area contributed by atoms with Crippen molar-refractivity contribution in [2.45, 2.75) is 64.8 Å². The molecule has 2 aliphatic rings. The number of unbranched alkanes of at least 4 members (excludes halogenated alkanes) is 5. The van der Waals surface area contributed by atoms with Gasteiger partial charge in [-0.25, -0.2) is 0 Å². The van der Waals surface area contributed by atoms with Gasteiger partial charge in [0.05, 0.1) is 38.2 Å². The molecular formula is C30H36NO6+. The largest absolute Gasteiger partial charge is 0.493 e. The minimum Gasteiger partial charge on any atom is -0.493 e. The number of nitrogens with zero attached hydrogens (tertiary/aromatic N) is 1. The zero-order valence-corrected chi connectivity index (χ0v) is 22.1. The number of rotatable bonds is 11. The Balaban J connectivity index is 1.51. The molecule has 7 heteroatoms. The van der Waals surface area contributed by atoms with Crippen molar-refractivity contribution in [1.29, 1.82) is 0 Å². The van der Waals surface area contributed by atoms with Crippen molar-refractivity contribution in [1.82, 2.24) is 0 Å². The molecule has 37 heavy (non-hydrogen) atoms. The Labute approximate surface area is 218 Å². The van der Waals surface area contributed by atoms with Gasteiger partial charge in [0, 0.05) is 17.4 Å². The van der Waals surface area contributed by atoms with Crippen LogP contribution in [0.3, 0.4) is 0 Å². The van der Waals surface area contributed by atoms with E-state index in [1.165, 1.54) is 31.2 Å². The molecule has 0 amide bonds. The van der Waals surface area contributed by atoms with Crippen LogP contribution in [-0.4, -0.2) is 33.6 Å². The van der Waals surface area contributed by atoms with Crippen LogP contribution in [0.5, 0.6) is 23.0 Å². The highest BCUT2D eigenvalue weighted by atomic mass is 16.7. The van der Waals surface area contributed by atoms with E-state index in [1.807, 2.05) is 18.2 Å². The zero-order chi connectivity index (χ0) is 25.8. The van der Waals surface area contributed by atoms with Crippen molar-refractivity contribution in [3.63, 3.8) is 0 Å². The number of methoxy groups -OCH3 is 2. The van der Waals surface area contributed by atoms with Gasteiger partial charge in [-0.1, -0.05) is 39.0 Å². The summed E-state index contributed by atoms with van der Waals surface area (Å²) in [5.41, 5.74) is 4.18. The molecule has 0 aliphatic carbocycles. The Bertz CT molecular complexity index is 1300. The fourth-order valence-corrected chi connectivity index (χ4v) is 5.45. The Morgan fingerprint density at radius 2 is 1.76 bits per heavy atom. The highest BCUT2D eigenvalue weighted by molar-refractivity contribution is 5.97. The first kappa shape index (κ1) is 25.2. The molecule has 0 N–H and O–H groups in total. The number of benzene rings is 2. The second-order valence-corrected chi connectivity index (χ2v) is 9.69. The molecule has 0 fully saturated rings. The van der Waals surface area contributed by atoms with E-state index in [0.29, 0.717) is 18.1 Å². The minimum atomic E-state index is -0.216. The lowest BCUT2D eigenvalue weighted by molar-refractivity contribution is -0.686. The fraction of sp³-hybridized carbons (Fsp3) is 0.467. The molecule has 3 heterocycles. The number of hydrogen-bond donors (Lipinski definition) is 0. The Hall–Kier alpha value is -3.48. The van der Waals surface area contributed by atoms with Gasteiger partial charge in [0.1, 0.15) is 0 Å². The molecule has 0 saturated heterocycles. The van der Waals surface area contributed by atoms with Gasteiger partial charge in [0.15, 0.2) is 35.7 Å². The lowest BCUT2D eigenvalue weighted by Crippen LogP contribution is -2.41. The van der Waals surface area contributed by atoms with Gasteiger partial charge in [0.2, 0.25) is 12.5 Å². The molecule has 0 saturated carbocycles. The monoisotopic (exact) mass is 506 g/mol. The van der Waals surface area contributed by atoms with E-state index in [0.717, 1.165) is 64.9 Å². The molecule has 0 radical (unpaired) electrons. The number of ether oxygens (including phenoxy) is 5. The molecule has 2 aliphatic heterocycles. The number of carbonyl (C=O) groups is 1. The second-order valence-electron chi connectivity index (χ2n) is 9.69. The van der Waals surface area contributed by atoms with Gasteiger partial charge in [-0.15, -0.1) is 0 Å². The number of pyridine rings is 1. The van der Waals surface area contributed by atoms with Crippen LogP contribution >= 0.6 is 0 Å². The lowest BCUT2D eigenvalue weighted by Gasteiger charge is -2.20. The van der Waals surface area contributed by atoms with Gasteiger partial charge >= 0.3 is 5.97 Å². The number of hydrogen-bond acceptors (Lipinski definition) is 6. The summed E-state index contributed by atoms with van der Waals surface area (Å²) >= 11 is 0. The SMILES string of the molecule is CCCCCCCCOC(=O)Cc1c2[n+](cc3c(OC)c(OC)ccc13)CCc1cc3c(cc1-2)OCO3. The molecule has 0 atom stereocenters. The molecule has 1 aromatic heterocycles. The average Bonchev–Trinajstić information content (AvgIpc) is 3.37. The van der Waals surface area contributed by atoms with E-state index in [1.54, 1.807) is 14.2 Å². The third kappa shape index (κ3) is 5.04. The molecule has 3 aromatic rings. The van der Waals surface area contributed by atoms with Crippen LogP contribution in [0.25, 0.3) is 22.0 Å².